The molecule has 4 nitrogen and oxygen atoms in total. The highest BCUT2D eigenvalue weighted by Crippen LogP contribution is 2.43. The van der Waals surface area contributed by atoms with Gasteiger partial charge >= 0.3 is 0 Å². The van der Waals surface area contributed by atoms with Gasteiger partial charge in [0, 0.05) is 22.9 Å². The van der Waals surface area contributed by atoms with Crippen molar-refractivity contribution in [2.45, 2.75) is 25.3 Å². The summed E-state index contributed by atoms with van der Waals surface area (Å²) in [6.07, 6.45) is 3.85. The molecule has 0 unspecified atom stereocenters. The molecule has 3 aromatic rings. The molecule has 0 radical (unpaired) electrons. The molecular weight excluding hydrogens is 344 g/mol. The van der Waals surface area contributed by atoms with E-state index in [9.17, 15) is 4.79 Å². The van der Waals surface area contributed by atoms with E-state index in [0.29, 0.717) is 30.6 Å². The molecule has 1 saturated carbocycles. The van der Waals surface area contributed by atoms with Crippen LogP contribution in [0.2, 0.25) is 0 Å². The number of carbonyl (C=O) groups is 1. The van der Waals surface area contributed by atoms with Crippen molar-refractivity contribution >= 4 is 17.2 Å². The second-order valence-corrected chi connectivity index (χ2v) is 7.46. The normalized spacial score (nSPS) is 13.5. The summed E-state index contributed by atoms with van der Waals surface area (Å²) in [5.41, 5.74) is 1.34. The summed E-state index contributed by atoms with van der Waals surface area (Å²) < 4.78 is 6.03. The molecule has 1 aliphatic carbocycles. The van der Waals surface area contributed by atoms with Crippen LogP contribution in [0.3, 0.4) is 0 Å². The molecule has 26 heavy (non-hydrogen) atoms. The molecule has 0 saturated heterocycles. The second kappa shape index (κ2) is 7.30. The predicted molar refractivity (Wildman–Crippen MR) is 103 cm³/mol. The molecule has 0 spiro atoms. The second-order valence-electron chi connectivity index (χ2n) is 6.43. The molecule has 5 heteroatoms. The highest BCUT2D eigenvalue weighted by Gasteiger charge is 2.35. The third-order valence-corrected chi connectivity index (χ3v) is 5.25. The van der Waals surface area contributed by atoms with Crippen LogP contribution in [0.5, 0.6) is 0 Å². The molecule has 4 rings (SSSR count). The number of aromatic nitrogens is 1. The first-order valence-electron chi connectivity index (χ1n) is 8.75. The number of amides is 1. The van der Waals surface area contributed by atoms with Crippen molar-refractivity contribution in [2.75, 3.05) is 6.54 Å². The van der Waals surface area contributed by atoms with E-state index in [1.807, 2.05) is 47.8 Å². The smallest absolute Gasteiger partial charge is 0.276 e. The van der Waals surface area contributed by atoms with Crippen LogP contribution in [0.1, 0.15) is 39.9 Å². The summed E-state index contributed by atoms with van der Waals surface area (Å²) in [5, 5.41) is 2.02. The summed E-state index contributed by atoms with van der Waals surface area (Å²) in [6.45, 7) is 4.83. The topological polar surface area (TPSA) is 46.3 Å². The van der Waals surface area contributed by atoms with E-state index in [-0.39, 0.29) is 5.91 Å². The van der Waals surface area contributed by atoms with Crippen LogP contribution >= 0.6 is 11.3 Å². The molecule has 0 bridgehead atoms. The number of hydrogen-bond donors (Lipinski definition) is 0. The van der Waals surface area contributed by atoms with Crippen LogP contribution in [0.25, 0.3) is 11.5 Å². The van der Waals surface area contributed by atoms with Gasteiger partial charge in [-0.25, -0.2) is 4.98 Å². The zero-order valence-corrected chi connectivity index (χ0v) is 15.2. The lowest BCUT2D eigenvalue weighted by Crippen LogP contribution is -2.31. The van der Waals surface area contributed by atoms with E-state index >= 15 is 0 Å². The lowest BCUT2D eigenvalue weighted by molar-refractivity contribution is 0.0756. The minimum absolute atomic E-state index is 0.0915. The van der Waals surface area contributed by atoms with E-state index in [2.05, 4.69) is 11.6 Å². The van der Waals surface area contributed by atoms with Crippen molar-refractivity contribution in [1.29, 1.82) is 0 Å². The third kappa shape index (κ3) is 3.48. The van der Waals surface area contributed by atoms with Gasteiger partial charge in [0.15, 0.2) is 5.69 Å². The van der Waals surface area contributed by atoms with Gasteiger partial charge in [0.05, 0.1) is 6.54 Å². The van der Waals surface area contributed by atoms with E-state index in [0.717, 1.165) is 29.0 Å². The van der Waals surface area contributed by atoms with Gasteiger partial charge in [-0.05, 0) is 36.4 Å². The van der Waals surface area contributed by atoms with Gasteiger partial charge in [-0.3, -0.25) is 4.79 Å². The number of nitrogens with zero attached hydrogens (tertiary/aromatic N) is 2. The van der Waals surface area contributed by atoms with E-state index < -0.39 is 0 Å². The maximum absolute atomic E-state index is 13.2. The number of rotatable bonds is 7. The Labute approximate surface area is 156 Å². The Morgan fingerprint density at radius 1 is 1.27 bits per heavy atom. The van der Waals surface area contributed by atoms with Gasteiger partial charge < -0.3 is 9.32 Å². The van der Waals surface area contributed by atoms with Crippen molar-refractivity contribution in [1.82, 2.24) is 9.88 Å². The molecule has 0 atom stereocenters. The molecule has 0 aliphatic heterocycles. The Bertz CT molecular complexity index is 896. The summed E-state index contributed by atoms with van der Waals surface area (Å²) >= 11 is 1.64. The van der Waals surface area contributed by atoms with Crippen LogP contribution in [0.4, 0.5) is 0 Å². The summed E-state index contributed by atoms with van der Waals surface area (Å²) in [7, 11) is 0. The fraction of sp³-hybridized carbons (Fsp3) is 0.238. The maximum atomic E-state index is 13.2. The summed E-state index contributed by atoms with van der Waals surface area (Å²) in [4.78, 5) is 20.7. The Kier molecular flexibility index (Phi) is 4.71. The van der Waals surface area contributed by atoms with Gasteiger partial charge in [-0.2, -0.15) is 0 Å². The van der Waals surface area contributed by atoms with Gasteiger partial charge in [0.1, 0.15) is 5.76 Å². The Balaban J connectivity index is 1.67. The Morgan fingerprint density at radius 2 is 2.08 bits per heavy atom. The van der Waals surface area contributed by atoms with Crippen molar-refractivity contribution < 1.29 is 9.21 Å². The maximum Gasteiger partial charge on any atom is 0.276 e. The number of hydrogen-bond acceptors (Lipinski definition) is 4. The van der Waals surface area contributed by atoms with Crippen LogP contribution < -0.4 is 0 Å². The molecule has 1 aromatic carbocycles. The van der Waals surface area contributed by atoms with Crippen LogP contribution in [0.15, 0.2) is 64.9 Å². The van der Waals surface area contributed by atoms with E-state index in [1.165, 1.54) is 0 Å². The number of benzene rings is 1. The quantitative estimate of drug-likeness (QED) is 0.547. The largest absolute Gasteiger partial charge is 0.440 e. The standard InChI is InChI=1S/C21H20N2O2S/c1-2-12-23(14-17-9-6-13-26-17)21(24)18-19(15-10-11-15)25-20(22-18)16-7-4-3-5-8-16/h2-9,13,15H,1,10-12,14H2. The summed E-state index contributed by atoms with van der Waals surface area (Å²) in [6, 6.07) is 13.8. The highest BCUT2D eigenvalue weighted by atomic mass is 32.1. The van der Waals surface area contributed by atoms with Crippen LogP contribution in [0, 0.1) is 0 Å². The number of thiophene rings is 1. The van der Waals surface area contributed by atoms with Gasteiger partial charge in [0.2, 0.25) is 5.89 Å². The lowest BCUT2D eigenvalue weighted by Gasteiger charge is -2.19. The van der Waals surface area contributed by atoms with Crippen molar-refractivity contribution in [2.24, 2.45) is 0 Å². The van der Waals surface area contributed by atoms with E-state index in [4.69, 9.17) is 4.42 Å². The van der Waals surface area contributed by atoms with E-state index in [1.54, 1.807) is 22.3 Å². The highest BCUT2D eigenvalue weighted by molar-refractivity contribution is 7.09. The van der Waals surface area contributed by atoms with Crippen molar-refractivity contribution in [3.63, 3.8) is 0 Å². The molecule has 2 heterocycles. The third-order valence-electron chi connectivity index (χ3n) is 4.39. The molecule has 2 aromatic heterocycles. The first-order chi connectivity index (χ1) is 12.8. The fourth-order valence-corrected chi connectivity index (χ4v) is 3.65. The van der Waals surface area contributed by atoms with Gasteiger partial charge in [-0.15, -0.1) is 17.9 Å². The summed E-state index contributed by atoms with van der Waals surface area (Å²) in [5.74, 6) is 1.47. The minimum atomic E-state index is -0.0915. The molecule has 132 valence electrons. The first kappa shape index (κ1) is 16.8. The Morgan fingerprint density at radius 3 is 2.73 bits per heavy atom. The molecule has 1 amide bonds. The molecule has 1 fully saturated rings. The van der Waals surface area contributed by atoms with Gasteiger partial charge in [0.25, 0.3) is 5.91 Å². The average molecular weight is 364 g/mol. The van der Waals surface area contributed by atoms with Gasteiger partial charge in [-0.1, -0.05) is 30.3 Å². The predicted octanol–water partition coefficient (Wildman–Crippen LogP) is 5.11. The van der Waals surface area contributed by atoms with Crippen LogP contribution in [-0.4, -0.2) is 22.3 Å². The Hall–Kier alpha value is -2.66. The molecule has 0 N–H and O–H groups in total. The molecular formula is C21H20N2O2S. The zero-order chi connectivity index (χ0) is 17.9. The monoisotopic (exact) mass is 364 g/mol. The molecule has 1 aliphatic rings. The SMILES string of the molecule is C=CCN(Cc1cccs1)C(=O)c1nc(-c2ccccc2)oc1C1CC1. The fourth-order valence-electron chi connectivity index (χ4n) is 2.93. The van der Waals surface area contributed by atoms with Crippen molar-refractivity contribution in [3.05, 3.63) is 76.8 Å². The number of oxazole rings is 1. The van der Waals surface area contributed by atoms with Crippen LogP contribution in [-0.2, 0) is 6.54 Å². The minimum Gasteiger partial charge on any atom is -0.440 e. The zero-order valence-electron chi connectivity index (χ0n) is 14.4. The average Bonchev–Trinajstić information content (AvgIpc) is 3.20. The first-order valence-corrected chi connectivity index (χ1v) is 9.63. The number of carbonyl (C=O) groups excluding carboxylic acids is 1. The lowest BCUT2D eigenvalue weighted by atomic mass is 10.2. The van der Waals surface area contributed by atoms with Crippen molar-refractivity contribution in [3.8, 4) is 11.5 Å².